The van der Waals surface area contributed by atoms with Gasteiger partial charge in [-0.1, -0.05) is 57.9 Å². The molecule has 3 rings (SSSR count). The van der Waals surface area contributed by atoms with E-state index < -0.39 is 22.5 Å². The SMILES string of the molecule is Cc1ccc(N(C(=O)COc2cccc(Br)c2)S(=O)(=O)c2ccccc2)cc1. The number of hydrogen-bond acceptors (Lipinski definition) is 4. The van der Waals surface area contributed by atoms with Gasteiger partial charge in [0.05, 0.1) is 10.6 Å². The minimum atomic E-state index is -4.08. The zero-order chi connectivity index (χ0) is 20.1. The highest BCUT2D eigenvalue weighted by atomic mass is 79.9. The summed E-state index contributed by atoms with van der Waals surface area (Å²) in [6, 6.07) is 21.6. The Morgan fingerprint density at radius 1 is 0.964 bits per heavy atom. The lowest BCUT2D eigenvalue weighted by Gasteiger charge is -2.23. The van der Waals surface area contributed by atoms with Crippen LogP contribution in [0.2, 0.25) is 0 Å². The number of nitrogens with zero attached hydrogens (tertiary/aromatic N) is 1. The van der Waals surface area contributed by atoms with E-state index in [1.807, 2.05) is 13.0 Å². The van der Waals surface area contributed by atoms with E-state index in [1.165, 1.54) is 12.1 Å². The van der Waals surface area contributed by atoms with E-state index in [0.29, 0.717) is 5.75 Å². The minimum absolute atomic E-state index is 0.0337. The van der Waals surface area contributed by atoms with Crippen molar-refractivity contribution in [3.05, 3.63) is 88.9 Å². The summed E-state index contributed by atoms with van der Waals surface area (Å²) in [5.41, 5.74) is 1.22. The second kappa shape index (κ2) is 8.58. The van der Waals surface area contributed by atoms with Crippen LogP contribution >= 0.6 is 15.9 Å². The molecule has 28 heavy (non-hydrogen) atoms. The molecule has 0 aliphatic heterocycles. The Bertz CT molecular complexity index is 1070. The number of halogens is 1. The summed E-state index contributed by atoms with van der Waals surface area (Å²) in [4.78, 5) is 13.0. The molecule has 0 spiro atoms. The van der Waals surface area contributed by atoms with Crippen LogP contribution in [0.5, 0.6) is 5.75 Å². The van der Waals surface area contributed by atoms with Crippen LogP contribution in [-0.2, 0) is 14.8 Å². The first-order valence-corrected chi connectivity index (χ1v) is 10.7. The first-order valence-electron chi connectivity index (χ1n) is 8.46. The van der Waals surface area contributed by atoms with E-state index in [9.17, 15) is 13.2 Å². The number of hydrogen-bond donors (Lipinski definition) is 0. The number of carbonyl (C=O) groups excluding carboxylic acids is 1. The summed E-state index contributed by atoms with van der Waals surface area (Å²) >= 11 is 3.33. The molecule has 144 valence electrons. The van der Waals surface area contributed by atoms with Crippen molar-refractivity contribution in [2.75, 3.05) is 10.9 Å². The lowest BCUT2D eigenvalue weighted by atomic mass is 10.2. The van der Waals surface area contributed by atoms with Crippen LogP contribution in [0.25, 0.3) is 0 Å². The molecule has 0 aromatic heterocycles. The van der Waals surface area contributed by atoms with Gasteiger partial charge in [0.2, 0.25) is 0 Å². The van der Waals surface area contributed by atoms with Crippen molar-refractivity contribution in [2.24, 2.45) is 0 Å². The number of carbonyl (C=O) groups is 1. The normalized spacial score (nSPS) is 11.1. The van der Waals surface area contributed by atoms with Crippen LogP contribution in [-0.4, -0.2) is 20.9 Å². The first-order chi connectivity index (χ1) is 13.4. The molecule has 0 saturated heterocycles. The van der Waals surface area contributed by atoms with Crippen molar-refractivity contribution >= 4 is 37.5 Å². The van der Waals surface area contributed by atoms with Gasteiger partial charge in [0, 0.05) is 4.47 Å². The molecule has 3 aromatic rings. The second-order valence-electron chi connectivity index (χ2n) is 6.06. The third-order valence-corrected chi connectivity index (χ3v) is 6.19. The number of amides is 1. The molecule has 1 amide bonds. The highest BCUT2D eigenvalue weighted by Gasteiger charge is 2.31. The van der Waals surface area contributed by atoms with Crippen LogP contribution in [0.1, 0.15) is 5.56 Å². The Kier molecular flexibility index (Phi) is 6.16. The molecular formula is C21H18BrNO4S. The lowest BCUT2D eigenvalue weighted by molar-refractivity contribution is -0.119. The Balaban J connectivity index is 1.94. The number of anilines is 1. The zero-order valence-electron chi connectivity index (χ0n) is 15.1. The number of sulfonamides is 1. The van der Waals surface area contributed by atoms with E-state index in [2.05, 4.69) is 15.9 Å². The molecule has 0 fully saturated rings. The molecule has 0 saturated carbocycles. The molecule has 0 aliphatic carbocycles. The van der Waals surface area contributed by atoms with Crippen molar-refractivity contribution in [3.63, 3.8) is 0 Å². The average molecular weight is 460 g/mol. The van der Waals surface area contributed by atoms with Gasteiger partial charge >= 0.3 is 0 Å². The molecule has 3 aromatic carbocycles. The summed E-state index contributed by atoms with van der Waals surface area (Å²) in [5.74, 6) is -0.226. The van der Waals surface area contributed by atoms with Crippen LogP contribution < -0.4 is 9.04 Å². The van der Waals surface area contributed by atoms with Gasteiger partial charge in [0.1, 0.15) is 5.75 Å². The van der Waals surface area contributed by atoms with Crippen molar-refractivity contribution in [2.45, 2.75) is 11.8 Å². The fourth-order valence-corrected chi connectivity index (χ4v) is 4.37. The van der Waals surface area contributed by atoms with Gasteiger partial charge < -0.3 is 4.74 Å². The Morgan fingerprint density at radius 3 is 2.29 bits per heavy atom. The van der Waals surface area contributed by atoms with Gasteiger partial charge in [0.25, 0.3) is 15.9 Å². The topological polar surface area (TPSA) is 63.7 Å². The maximum Gasteiger partial charge on any atom is 0.278 e. The van der Waals surface area contributed by atoms with E-state index in [0.717, 1.165) is 14.3 Å². The molecular weight excluding hydrogens is 442 g/mol. The highest BCUT2D eigenvalue weighted by molar-refractivity contribution is 9.10. The van der Waals surface area contributed by atoms with Crippen molar-refractivity contribution in [1.82, 2.24) is 0 Å². The minimum Gasteiger partial charge on any atom is -0.484 e. The predicted molar refractivity (Wildman–Crippen MR) is 112 cm³/mol. The Morgan fingerprint density at radius 2 is 1.64 bits per heavy atom. The lowest BCUT2D eigenvalue weighted by Crippen LogP contribution is -2.40. The van der Waals surface area contributed by atoms with E-state index in [4.69, 9.17) is 4.74 Å². The van der Waals surface area contributed by atoms with Gasteiger partial charge in [-0.3, -0.25) is 4.79 Å². The van der Waals surface area contributed by atoms with E-state index >= 15 is 0 Å². The standard InChI is InChI=1S/C21H18BrNO4S/c1-16-10-12-18(13-11-16)23(28(25,26)20-8-3-2-4-9-20)21(24)15-27-19-7-5-6-17(22)14-19/h2-14H,15H2,1H3. The number of ether oxygens (including phenoxy) is 1. The monoisotopic (exact) mass is 459 g/mol. The summed E-state index contributed by atoms with van der Waals surface area (Å²) in [6.07, 6.45) is 0. The fraction of sp³-hybridized carbons (Fsp3) is 0.0952. The second-order valence-corrected chi connectivity index (χ2v) is 8.76. The summed E-state index contributed by atoms with van der Waals surface area (Å²) < 4.78 is 33.4. The number of benzene rings is 3. The first kappa shape index (κ1) is 20.1. The smallest absolute Gasteiger partial charge is 0.278 e. The molecule has 0 radical (unpaired) electrons. The van der Waals surface area contributed by atoms with E-state index in [1.54, 1.807) is 60.7 Å². The van der Waals surface area contributed by atoms with Crippen molar-refractivity contribution < 1.29 is 17.9 Å². The largest absolute Gasteiger partial charge is 0.484 e. The molecule has 0 atom stereocenters. The van der Waals surface area contributed by atoms with Crippen LogP contribution in [0.15, 0.2) is 88.2 Å². The Labute approximate surface area is 172 Å². The third kappa shape index (κ3) is 4.61. The van der Waals surface area contributed by atoms with Crippen molar-refractivity contribution in [3.8, 4) is 5.75 Å². The fourth-order valence-electron chi connectivity index (χ4n) is 2.56. The third-order valence-electron chi connectivity index (χ3n) is 3.93. The molecule has 0 heterocycles. The van der Waals surface area contributed by atoms with Crippen LogP contribution in [0, 0.1) is 6.92 Å². The van der Waals surface area contributed by atoms with Gasteiger partial charge in [-0.25, -0.2) is 8.42 Å². The van der Waals surface area contributed by atoms with Crippen molar-refractivity contribution in [1.29, 1.82) is 0 Å². The summed E-state index contributed by atoms with van der Waals surface area (Å²) in [5, 5.41) is 0. The summed E-state index contributed by atoms with van der Waals surface area (Å²) in [6.45, 7) is 1.47. The van der Waals surface area contributed by atoms with Crippen LogP contribution in [0.3, 0.4) is 0 Å². The maximum absolute atomic E-state index is 13.2. The van der Waals surface area contributed by atoms with Gasteiger partial charge in [-0.05, 0) is 49.4 Å². The molecule has 0 aliphatic rings. The average Bonchev–Trinajstić information content (AvgIpc) is 2.69. The molecule has 5 nitrogen and oxygen atoms in total. The predicted octanol–water partition coefficient (Wildman–Crippen LogP) is 4.56. The van der Waals surface area contributed by atoms with Gasteiger partial charge in [-0.15, -0.1) is 0 Å². The van der Waals surface area contributed by atoms with Gasteiger partial charge in [0.15, 0.2) is 6.61 Å². The van der Waals surface area contributed by atoms with E-state index in [-0.39, 0.29) is 10.6 Å². The summed E-state index contributed by atoms with van der Waals surface area (Å²) in [7, 11) is -4.08. The molecule has 0 unspecified atom stereocenters. The highest BCUT2D eigenvalue weighted by Crippen LogP contribution is 2.25. The van der Waals surface area contributed by atoms with Crippen LogP contribution in [0.4, 0.5) is 5.69 Å². The quantitative estimate of drug-likeness (QED) is 0.541. The number of aryl methyl sites for hydroxylation is 1. The Hall–Kier alpha value is -2.64. The van der Waals surface area contributed by atoms with Gasteiger partial charge in [-0.2, -0.15) is 4.31 Å². The molecule has 7 heteroatoms. The molecule has 0 N–H and O–H groups in total. The number of rotatable bonds is 6. The zero-order valence-corrected chi connectivity index (χ0v) is 17.5. The molecule has 0 bridgehead atoms. The maximum atomic E-state index is 13.2.